The molecule has 0 saturated heterocycles. The highest BCUT2D eigenvalue weighted by Gasteiger charge is 2.21. The number of carbonyl (C=O) groups excluding carboxylic acids is 1. The number of hydrogen-bond donors (Lipinski definition) is 0. The first-order valence-electron chi connectivity index (χ1n) is 6.62. The fourth-order valence-corrected chi connectivity index (χ4v) is 3.11. The summed E-state index contributed by atoms with van der Waals surface area (Å²) in [6.07, 6.45) is 3.29. The van der Waals surface area contributed by atoms with Crippen molar-refractivity contribution in [2.24, 2.45) is 5.92 Å². The molecule has 18 heavy (non-hydrogen) atoms. The lowest BCUT2D eigenvalue weighted by atomic mass is 9.92. The van der Waals surface area contributed by atoms with E-state index in [0.717, 1.165) is 41.7 Å². The predicted octanol–water partition coefficient (Wildman–Crippen LogP) is 3.93. The van der Waals surface area contributed by atoms with E-state index in [2.05, 4.69) is 35.8 Å². The maximum Gasteiger partial charge on any atom is 0.140 e. The van der Waals surface area contributed by atoms with Crippen molar-refractivity contribution in [1.82, 2.24) is 0 Å². The Balaban J connectivity index is 2.22. The Bertz CT molecular complexity index is 450. The molecule has 0 aromatic heterocycles. The second-order valence-corrected chi connectivity index (χ2v) is 5.72. The molecule has 1 aromatic carbocycles. The summed E-state index contributed by atoms with van der Waals surface area (Å²) in [5, 5.41) is 0. The Morgan fingerprint density at radius 2 is 2.11 bits per heavy atom. The normalized spacial score (nSPS) is 13.6. The van der Waals surface area contributed by atoms with Crippen LogP contribution in [0.25, 0.3) is 0 Å². The minimum atomic E-state index is 0.182. The number of hydrogen-bond acceptors (Lipinski definition) is 2. The van der Waals surface area contributed by atoms with Gasteiger partial charge in [-0.2, -0.15) is 0 Å². The van der Waals surface area contributed by atoms with Crippen molar-refractivity contribution in [3.8, 4) is 5.75 Å². The van der Waals surface area contributed by atoms with Gasteiger partial charge in [-0.1, -0.05) is 29.8 Å². The first-order chi connectivity index (χ1) is 8.65. The number of fused-ring (bicyclic) bond motifs is 1. The summed E-state index contributed by atoms with van der Waals surface area (Å²) in [6, 6.07) is 4.11. The van der Waals surface area contributed by atoms with E-state index < -0.39 is 0 Å². The molecule has 0 spiro atoms. The third-order valence-corrected chi connectivity index (χ3v) is 4.09. The largest absolute Gasteiger partial charge is 0.493 e. The fraction of sp³-hybridized carbons (Fsp3) is 0.533. The average molecular weight is 311 g/mol. The van der Waals surface area contributed by atoms with Crippen molar-refractivity contribution in [2.75, 3.05) is 6.61 Å². The molecule has 0 unspecified atom stereocenters. The third-order valence-electron chi connectivity index (χ3n) is 3.63. The summed E-state index contributed by atoms with van der Waals surface area (Å²) in [4.78, 5) is 12.2. The molecule has 0 aliphatic carbocycles. The van der Waals surface area contributed by atoms with E-state index in [4.69, 9.17) is 4.74 Å². The summed E-state index contributed by atoms with van der Waals surface area (Å²) in [7, 11) is 0. The zero-order chi connectivity index (χ0) is 13.1. The van der Waals surface area contributed by atoms with E-state index >= 15 is 0 Å². The molecule has 98 valence electrons. The van der Waals surface area contributed by atoms with Gasteiger partial charge in [0.1, 0.15) is 11.5 Å². The van der Waals surface area contributed by atoms with Crippen molar-refractivity contribution in [1.29, 1.82) is 0 Å². The molecule has 3 heteroatoms. The molecule has 0 bridgehead atoms. The lowest BCUT2D eigenvalue weighted by molar-refractivity contribution is -0.122. The summed E-state index contributed by atoms with van der Waals surface area (Å²) in [5.41, 5.74) is 2.26. The monoisotopic (exact) mass is 310 g/mol. The van der Waals surface area contributed by atoms with Gasteiger partial charge in [0.25, 0.3) is 0 Å². The molecule has 1 heterocycles. The van der Waals surface area contributed by atoms with Gasteiger partial charge in [-0.15, -0.1) is 0 Å². The molecule has 2 rings (SSSR count). The maximum absolute atomic E-state index is 12.2. The summed E-state index contributed by atoms with van der Waals surface area (Å²) in [5.74, 6) is 1.45. The second kappa shape index (κ2) is 5.87. The highest BCUT2D eigenvalue weighted by molar-refractivity contribution is 9.10. The van der Waals surface area contributed by atoms with E-state index in [0.29, 0.717) is 12.2 Å². The Morgan fingerprint density at radius 1 is 1.39 bits per heavy atom. The van der Waals surface area contributed by atoms with E-state index in [1.54, 1.807) is 0 Å². The van der Waals surface area contributed by atoms with Crippen LogP contribution in [0, 0.1) is 5.92 Å². The minimum Gasteiger partial charge on any atom is -0.493 e. The Kier molecular flexibility index (Phi) is 4.44. The number of halogens is 1. The van der Waals surface area contributed by atoms with Crippen LogP contribution in [0.3, 0.4) is 0 Å². The first-order valence-corrected chi connectivity index (χ1v) is 7.41. The fourth-order valence-electron chi connectivity index (χ4n) is 2.55. The molecule has 1 aliphatic heterocycles. The van der Waals surface area contributed by atoms with Gasteiger partial charge >= 0.3 is 0 Å². The number of carbonyl (C=O) groups is 1. The van der Waals surface area contributed by atoms with Gasteiger partial charge in [-0.05, 0) is 30.5 Å². The SMILES string of the molecule is CCC(CC)C(=O)Cc1cc(Br)cc2c1OCC2. The van der Waals surface area contributed by atoms with Gasteiger partial charge in [0.05, 0.1) is 6.61 Å². The number of ketones is 1. The summed E-state index contributed by atoms with van der Waals surface area (Å²) >= 11 is 3.51. The van der Waals surface area contributed by atoms with Crippen molar-refractivity contribution in [3.05, 3.63) is 27.7 Å². The van der Waals surface area contributed by atoms with Gasteiger partial charge in [0.2, 0.25) is 0 Å². The molecule has 0 fully saturated rings. The molecule has 0 radical (unpaired) electrons. The second-order valence-electron chi connectivity index (χ2n) is 4.81. The summed E-state index contributed by atoms with van der Waals surface area (Å²) in [6.45, 7) is 4.89. The minimum absolute atomic E-state index is 0.182. The average Bonchev–Trinajstić information content (AvgIpc) is 2.78. The molecule has 0 N–H and O–H groups in total. The highest BCUT2D eigenvalue weighted by atomic mass is 79.9. The van der Waals surface area contributed by atoms with Crippen molar-refractivity contribution >= 4 is 21.7 Å². The van der Waals surface area contributed by atoms with Gasteiger partial charge in [-0.25, -0.2) is 0 Å². The third kappa shape index (κ3) is 2.77. The zero-order valence-corrected chi connectivity index (χ0v) is 12.5. The molecule has 2 nitrogen and oxygen atoms in total. The first kappa shape index (κ1) is 13.6. The number of ether oxygens (including phenoxy) is 1. The van der Waals surface area contributed by atoms with Crippen LogP contribution in [0.5, 0.6) is 5.75 Å². The number of benzene rings is 1. The van der Waals surface area contributed by atoms with Crippen molar-refractivity contribution < 1.29 is 9.53 Å². The van der Waals surface area contributed by atoms with Crippen LogP contribution in [0.1, 0.15) is 37.8 Å². The Labute approximate surface area is 117 Å². The summed E-state index contributed by atoms with van der Waals surface area (Å²) < 4.78 is 6.70. The van der Waals surface area contributed by atoms with Crippen LogP contribution in [0.4, 0.5) is 0 Å². The predicted molar refractivity (Wildman–Crippen MR) is 76.1 cm³/mol. The van der Waals surface area contributed by atoms with Crippen LogP contribution < -0.4 is 4.74 Å². The molecular weight excluding hydrogens is 292 g/mol. The maximum atomic E-state index is 12.2. The molecular formula is C15H19BrO2. The zero-order valence-electron chi connectivity index (χ0n) is 11.0. The van der Waals surface area contributed by atoms with Gasteiger partial charge in [-0.3, -0.25) is 4.79 Å². The van der Waals surface area contributed by atoms with Gasteiger partial charge in [0, 0.05) is 28.8 Å². The van der Waals surface area contributed by atoms with Gasteiger partial charge in [0.15, 0.2) is 0 Å². The molecule has 0 amide bonds. The molecule has 0 saturated carbocycles. The quantitative estimate of drug-likeness (QED) is 0.823. The number of Topliss-reactive ketones (excluding diaryl/α,β-unsaturated/α-hetero) is 1. The smallest absolute Gasteiger partial charge is 0.140 e. The van der Waals surface area contributed by atoms with E-state index in [1.807, 2.05) is 6.07 Å². The lowest BCUT2D eigenvalue weighted by Gasteiger charge is -2.13. The number of rotatable bonds is 5. The molecule has 1 aromatic rings. The van der Waals surface area contributed by atoms with Crippen LogP contribution in [-0.2, 0) is 17.6 Å². The lowest BCUT2D eigenvalue weighted by Crippen LogP contribution is -2.15. The van der Waals surface area contributed by atoms with Crippen LogP contribution in [-0.4, -0.2) is 12.4 Å². The Hall–Kier alpha value is -0.830. The standard InChI is InChI=1S/C15H19BrO2/c1-3-10(4-2)14(17)9-12-8-13(16)7-11-5-6-18-15(11)12/h7-8,10H,3-6,9H2,1-2H3. The van der Waals surface area contributed by atoms with Crippen LogP contribution in [0.2, 0.25) is 0 Å². The van der Waals surface area contributed by atoms with Crippen molar-refractivity contribution in [3.63, 3.8) is 0 Å². The van der Waals surface area contributed by atoms with Crippen LogP contribution >= 0.6 is 15.9 Å². The topological polar surface area (TPSA) is 26.3 Å². The van der Waals surface area contributed by atoms with E-state index in [1.165, 1.54) is 5.56 Å². The molecule has 0 atom stereocenters. The van der Waals surface area contributed by atoms with Crippen molar-refractivity contribution in [2.45, 2.75) is 39.5 Å². The molecule has 1 aliphatic rings. The van der Waals surface area contributed by atoms with Crippen LogP contribution in [0.15, 0.2) is 16.6 Å². The Morgan fingerprint density at radius 3 is 2.78 bits per heavy atom. The van der Waals surface area contributed by atoms with E-state index in [9.17, 15) is 4.79 Å². The van der Waals surface area contributed by atoms with E-state index in [-0.39, 0.29) is 5.92 Å². The highest BCUT2D eigenvalue weighted by Crippen LogP contribution is 2.33. The van der Waals surface area contributed by atoms with Gasteiger partial charge < -0.3 is 4.74 Å².